The molecule has 1 aliphatic carbocycles. The zero-order valence-electron chi connectivity index (χ0n) is 19.2. The van der Waals surface area contributed by atoms with Crippen LogP contribution in [0.3, 0.4) is 0 Å². The summed E-state index contributed by atoms with van der Waals surface area (Å²) >= 11 is 0. The molecular weight excluding hydrogens is 398 g/mol. The number of nitrogens with one attached hydrogen (secondary N) is 2. The molecule has 170 valence electrons. The van der Waals surface area contributed by atoms with Crippen molar-refractivity contribution in [2.45, 2.75) is 64.8 Å². The number of amides is 2. The van der Waals surface area contributed by atoms with Gasteiger partial charge in [0.15, 0.2) is 0 Å². The standard InChI is InChI=1S/C27H35N3O2/c1-2-30-24-14-8-7-13-22(24)23-19-21(15-16-25(23)30)27(32)29-18-10-4-9-17-28-26(31)20-11-5-3-6-12-20/h7-8,13-16,19-20H,2-6,9-12,17-18H2,1H3,(H,28,31)(H,29,32). The third-order valence-electron chi connectivity index (χ3n) is 6.77. The summed E-state index contributed by atoms with van der Waals surface area (Å²) in [6.45, 7) is 4.44. The van der Waals surface area contributed by atoms with Crippen LogP contribution in [0.4, 0.5) is 0 Å². The number of nitrogens with zero attached hydrogens (tertiary/aromatic N) is 1. The second kappa shape index (κ2) is 10.7. The van der Waals surface area contributed by atoms with Gasteiger partial charge in [-0.25, -0.2) is 0 Å². The quantitative estimate of drug-likeness (QED) is 0.443. The van der Waals surface area contributed by atoms with Gasteiger partial charge >= 0.3 is 0 Å². The van der Waals surface area contributed by atoms with Crippen molar-refractivity contribution in [2.75, 3.05) is 13.1 Å². The van der Waals surface area contributed by atoms with E-state index in [9.17, 15) is 9.59 Å². The van der Waals surface area contributed by atoms with E-state index in [0.29, 0.717) is 12.1 Å². The van der Waals surface area contributed by atoms with Gasteiger partial charge in [-0.3, -0.25) is 9.59 Å². The lowest BCUT2D eigenvalue weighted by atomic mass is 9.89. The highest BCUT2D eigenvalue weighted by Crippen LogP contribution is 2.29. The molecule has 1 aromatic heterocycles. The van der Waals surface area contributed by atoms with Crippen LogP contribution in [0.25, 0.3) is 21.8 Å². The third-order valence-corrected chi connectivity index (χ3v) is 6.77. The monoisotopic (exact) mass is 433 g/mol. The number of benzene rings is 2. The van der Waals surface area contributed by atoms with Crippen LogP contribution >= 0.6 is 0 Å². The second-order valence-corrected chi connectivity index (χ2v) is 8.94. The minimum atomic E-state index is -0.0224. The van der Waals surface area contributed by atoms with E-state index in [1.165, 1.54) is 35.7 Å². The van der Waals surface area contributed by atoms with Crippen molar-refractivity contribution in [3.05, 3.63) is 48.0 Å². The number of hydrogen-bond acceptors (Lipinski definition) is 2. The second-order valence-electron chi connectivity index (χ2n) is 8.94. The predicted octanol–water partition coefficient (Wildman–Crippen LogP) is 5.41. The smallest absolute Gasteiger partial charge is 0.251 e. The molecule has 0 atom stereocenters. The predicted molar refractivity (Wildman–Crippen MR) is 131 cm³/mol. The maximum Gasteiger partial charge on any atom is 0.251 e. The van der Waals surface area contributed by atoms with Gasteiger partial charge in [-0.2, -0.15) is 0 Å². The molecule has 2 aromatic carbocycles. The highest BCUT2D eigenvalue weighted by Gasteiger charge is 2.20. The van der Waals surface area contributed by atoms with E-state index in [0.717, 1.165) is 50.6 Å². The van der Waals surface area contributed by atoms with Gasteiger partial charge in [-0.15, -0.1) is 0 Å². The SMILES string of the molecule is CCn1c2ccccc2c2cc(C(=O)NCCCCCNC(=O)C3CCCCC3)ccc21. The maximum absolute atomic E-state index is 12.7. The van der Waals surface area contributed by atoms with E-state index in [1.807, 2.05) is 18.2 Å². The summed E-state index contributed by atoms with van der Waals surface area (Å²) in [6.07, 6.45) is 8.60. The van der Waals surface area contributed by atoms with Crippen molar-refractivity contribution in [1.82, 2.24) is 15.2 Å². The van der Waals surface area contributed by atoms with Crippen molar-refractivity contribution in [1.29, 1.82) is 0 Å². The lowest BCUT2D eigenvalue weighted by molar-refractivity contribution is -0.125. The Bertz CT molecular complexity index is 1080. The molecular formula is C27H35N3O2. The molecule has 32 heavy (non-hydrogen) atoms. The van der Waals surface area contributed by atoms with Crippen LogP contribution in [-0.4, -0.2) is 29.5 Å². The van der Waals surface area contributed by atoms with Crippen LogP contribution < -0.4 is 10.6 Å². The van der Waals surface area contributed by atoms with Crippen molar-refractivity contribution < 1.29 is 9.59 Å². The Labute approximate surface area is 190 Å². The molecule has 5 heteroatoms. The first kappa shape index (κ1) is 22.4. The molecule has 1 aliphatic rings. The summed E-state index contributed by atoms with van der Waals surface area (Å²) in [5, 5.41) is 8.46. The third kappa shape index (κ3) is 4.98. The zero-order valence-corrected chi connectivity index (χ0v) is 19.2. The average Bonchev–Trinajstić information content (AvgIpc) is 3.16. The lowest BCUT2D eigenvalue weighted by Gasteiger charge is -2.20. The fourth-order valence-corrected chi connectivity index (χ4v) is 4.99. The number of aromatic nitrogens is 1. The van der Waals surface area contributed by atoms with Crippen LogP contribution in [0.2, 0.25) is 0 Å². The minimum Gasteiger partial charge on any atom is -0.356 e. The van der Waals surface area contributed by atoms with E-state index in [1.54, 1.807) is 0 Å². The average molecular weight is 434 g/mol. The van der Waals surface area contributed by atoms with Crippen LogP contribution in [0.5, 0.6) is 0 Å². The van der Waals surface area contributed by atoms with Gasteiger partial charge in [0.05, 0.1) is 0 Å². The van der Waals surface area contributed by atoms with E-state index in [2.05, 4.69) is 46.4 Å². The molecule has 0 saturated heterocycles. The van der Waals surface area contributed by atoms with Gasteiger partial charge in [0.1, 0.15) is 0 Å². The van der Waals surface area contributed by atoms with Gasteiger partial charge in [-0.1, -0.05) is 37.5 Å². The summed E-state index contributed by atoms with van der Waals surface area (Å²) in [6, 6.07) is 14.4. The normalized spacial score (nSPS) is 14.7. The number of carbonyl (C=O) groups is 2. The number of carbonyl (C=O) groups excluding carboxylic acids is 2. The van der Waals surface area contributed by atoms with Gasteiger partial charge in [0.2, 0.25) is 5.91 Å². The largest absolute Gasteiger partial charge is 0.356 e. The molecule has 0 radical (unpaired) electrons. The minimum absolute atomic E-state index is 0.0224. The Morgan fingerprint density at radius 2 is 1.59 bits per heavy atom. The van der Waals surface area contributed by atoms with E-state index < -0.39 is 0 Å². The van der Waals surface area contributed by atoms with Crippen molar-refractivity contribution in [2.24, 2.45) is 5.92 Å². The van der Waals surface area contributed by atoms with E-state index in [4.69, 9.17) is 0 Å². The Morgan fingerprint density at radius 3 is 2.38 bits per heavy atom. The number of rotatable bonds is 9. The van der Waals surface area contributed by atoms with E-state index in [-0.39, 0.29) is 17.7 Å². The number of para-hydroxylation sites is 1. The van der Waals surface area contributed by atoms with Crippen molar-refractivity contribution in [3.8, 4) is 0 Å². The summed E-state index contributed by atoms with van der Waals surface area (Å²) < 4.78 is 2.29. The summed E-state index contributed by atoms with van der Waals surface area (Å²) in [5.41, 5.74) is 3.08. The number of aryl methyl sites for hydroxylation is 1. The molecule has 4 rings (SSSR count). The molecule has 1 fully saturated rings. The lowest BCUT2D eigenvalue weighted by Crippen LogP contribution is -2.32. The van der Waals surface area contributed by atoms with E-state index >= 15 is 0 Å². The highest BCUT2D eigenvalue weighted by molar-refractivity contribution is 6.10. The van der Waals surface area contributed by atoms with Crippen molar-refractivity contribution in [3.63, 3.8) is 0 Å². The Hall–Kier alpha value is -2.82. The molecule has 0 spiro atoms. The molecule has 1 heterocycles. The highest BCUT2D eigenvalue weighted by atomic mass is 16.2. The topological polar surface area (TPSA) is 63.1 Å². The Kier molecular flexibility index (Phi) is 7.46. The van der Waals surface area contributed by atoms with Crippen LogP contribution in [0, 0.1) is 5.92 Å². The fraction of sp³-hybridized carbons (Fsp3) is 0.481. The molecule has 0 aliphatic heterocycles. The van der Waals surface area contributed by atoms with Gasteiger partial charge in [0.25, 0.3) is 5.91 Å². The van der Waals surface area contributed by atoms with Gasteiger partial charge in [-0.05, 0) is 63.3 Å². The number of unbranched alkanes of at least 4 members (excludes halogenated alkanes) is 2. The zero-order chi connectivity index (χ0) is 22.3. The van der Waals surface area contributed by atoms with Gasteiger partial charge < -0.3 is 15.2 Å². The van der Waals surface area contributed by atoms with Crippen molar-refractivity contribution >= 4 is 33.6 Å². The Morgan fingerprint density at radius 1 is 0.875 bits per heavy atom. The molecule has 2 N–H and O–H groups in total. The maximum atomic E-state index is 12.7. The van der Waals surface area contributed by atoms with Gasteiger partial charge in [0, 0.05) is 52.9 Å². The molecule has 1 saturated carbocycles. The molecule has 5 nitrogen and oxygen atoms in total. The molecule has 0 unspecified atom stereocenters. The Balaban J connectivity index is 1.23. The summed E-state index contributed by atoms with van der Waals surface area (Å²) in [7, 11) is 0. The number of hydrogen-bond donors (Lipinski definition) is 2. The summed E-state index contributed by atoms with van der Waals surface area (Å²) in [4.78, 5) is 24.8. The van der Waals surface area contributed by atoms with Crippen LogP contribution in [-0.2, 0) is 11.3 Å². The fourth-order valence-electron chi connectivity index (χ4n) is 4.99. The first-order chi connectivity index (χ1) is 15.7. The molecule has 3 aromatic rings. The summed E-state index contributed by atoms with van der Waals surface area (Å²) in [5.74, 6) is 0.440. The molecule has 0 bridgehead atoms. The van der Waals surface area contributed by atoms with Crippen LogP contribution in [0.1, 0.15) is 68.6 Å². The van der Waals surface area contributed by atoms with Crippen LogP contribution in [0.15, 0.2) is 42.5 Å². The molecule has 2 amide bonds. The first-order valence-electron chi connectivity index (χ1n) is 12.3. The first-order valence-corrected chi connectivity index (χ1v) is 12.3. The number of fused-ring (bicyclic) bond motifs is 3.